The van der Waals surface area contributed by atoms with Crippen LogP contribution in [-0.2, 0) is 26.1 Å². The number of aryl methyl sites for hydroxylation is 2. The number of primary sulfonamides is 1. The molecule has 0 spiro atoms. The second-order valence-corrected chi connectivity index (χ2v) is 8.60. The van der Waals surface area contributed by atoms with Gasteiger partial charge in [0.05, 0.1) is 10.5 Å². The Morgan fingerprint density at radius 1 is 0.935 bits per heavy atom. The van der Waals surface area contributed by atoms with E-state index in [4.69, 9.17) is 9.88 Å². The minimum Gasteiger partial charge on any atom is -0.452 e. The Morgan fingerprint density at radius 3 is 2.06 bits per heavy atom. The molecule has 9 heteroatoms. The number of ether oxygens (including phenoxy) is 1. The standard InChI is InChI=1S/C22H23N3O5S/c1-15-3-4-16(2)25(15)19-9-7-18(8-10-19)22(27)30-14-21(26)24-13-17-5-11-20(12-6-17)31(23,28)29/h3-12H,13-14H2,1-2H3,(H,24,26)(H2,23,28,29). The molecular weight excluding hydrogens is 418 g/mol. The fourth-order valence-corrected chi connectivity index (χ4v) is 3.60. The first-order chi connectivity index (χ1) is 14.6. The lowest BCUT2D eigenvalue weighted by atomic mass is 10.2. The number of carbonyl (C=O) groups excluding carboxylic acids is 2. The highest BCUT2D eigenvalue weighted by Gasteiger charge is 2.12. The molecule has 2 aromatic carbocycles. The molecule has 0 radical (unpaired) electrons. The molecule has 0 fully saturated rings. The summed E-state index contributed by atoms with van der Waals surface area (Å²) in [5.74, 6) is -1.07. The maximum Gasteiger partial charge on any atom is 0.338 e. The molecule has 0 aliphatic heterocycles. The summed E-state index contributed by atoms with van der Waals surface area (Å²) >= 11 is 0. The third-order valence-corrected chi connectivity index (χ3v) is 5.64. The van der Waals surface area contributed by atoms with Gasteiger partial charge in [-0.25, -0.2) is 18.4 Å². The number of nitrogens with two attached hydrogens (primary N) is 1. The summed E-state index contributed by atoms with van der Waals surface area (Å²) in [6, 6.07) is 16.8. The molecule has 1 aromatic heterocycles. The number of nitrogens with zero attached hydrogens (tertiary/aromatic N) is 1. The second-order valence-electron chi connectivity index (χ2n) is 7.04. The normalized spacial score (nSPS) is 11.2. The number of carbonyl (C=O) groups is 2. The van der Waals surface area contributed by atoms with Gasteiger partial charge in [0.2, 0.25) is 10.0 Å². The summed E-state index contributed by atoms with van der Waals surface area (Å²) in [7, 11) is -3.76. The SMILES string of the molecule is Cc1ccc(C)n1-c1ccc(C(=O)OCC(=O)NCc2ccc(S(N)(=O)=O)cc2)cc1. The molecule has 0 saturated heterocycles. The Labute approximate surface area is 180 Å². The van der Waals surface area contributed by atoms with E-state index in [2.05, 4.69) is 9.88 Å². The number of amides is 1. The lowest BCUT2D eigenvalue weighted by Gasteiger charge is -2.10. The van der Waals surface area contributed by atoms with Crippen LogP contribution in [0.4, 0.5) is 0 Å². The van der Waals surface area contributed by atoms with Gasteiger partial charge in [0, 0.05) is 23.6 Å². The van der Waals surface area contributed by atoms with Crippen LogP contribution in [0.1, 0.15) is 27.3 Å². The van der Waals surface area contributed by atoms with Gasteiger partial charge in [0.25, 0.3) is 5.91 Å². The molecule has 1 heterocycles. The summed E-state index contributed by atoms with van der Waals surface area (Å²) < 4.78 is 29.6. The topological polar surface area (TPSA) is 120 Å². The van der Waals surface area contributed by atoms with Crippen molar-refractivity contribution in [3.63, 3.8) is 0 Å². The largest absolute Gasteiger partial charge is 0.452 e. The van der Waals surface area contributed by atoms with Crippen LogP contribution in [0.15, 0.2) is 65.6 Å². The van der Waals surface area contributed by atoms with Crippen LogP contribution in [-0.4, -0.2) is 31.5 Å². The number of esters is 1. The van der Waals surface area contributed by atoms with Crippen molar-refractivity contribution in [2.45, 2.75) is 25.3 Å². The van der Waals surface area contributed by atoms with E-state index in [1.807, 2.05) is 38.1 Å². The van der Waals surface area contributed by atoms with E-state index in [9.17, 15) is 18.0 Å². The van der Waals surface area contributed by atoms with Crippen molar-refractivity contribution in [2.75, 3.05) is 6.61 Å². The molecule has 0 aliphatic rings. The van der Waals surface area contributed by atoms with Gasteiger partial charge in [-0.1, -0.05) is 12.1 Å². The second kappa shape index (κ2) is 9.15. The molecule has 31 heavy (non-hydrogen) atoms. The van der Waals surface area contributed by atoms with Gasteiger partial charge >= 0.3 is 5.97 Å². The molecular formula is C22H23N3O5S. The van der Waals surface area contributed by atoms with Crippen molar-refractivity contribution in [3.05, 3.63) is 83.2 Å². The number of rotatable bonds is 7. The average Bonchev–Trinajstić information content (AvgIpc) is 3.08. The highest BCUT2D eigenvalue weighted by molar-refractivity contribution is 7.89. The predicted molar refractivity (Wildman–Crippen MR) is 115 cm³/mol. The van der Waals surface area contributed by atoms with Crippen molar-refractivity contribution in [1.29, 1.82) is 0 Å². The highest BCUT2D eigenvalue weighted by Crippen LogP contribution is 2.17. The minimum atomic E-state index is -3.76. The zero-order valence-corrected chi connectivity index (χ0v) is 18.0. The number of nitrogens with one attached hydrogen (secondary N) is 1. The molecule has 8 nitrogen and oxygen atoms in total. The number of aromatic nitrogens is 1. The first kappa shape index (κ1) is 22.3. The van der Waals surface area contributed by atoms with E-state index in [0.29, 0.717) is 11.1 Å². The van der Waals surface area contributed by atoms with Gasteiger partial charge < -0.3 is 14.6 Å². The van der Waals surface area contributed by atoms with E-state index in [-0.39, 0.29) is 11.4 Å². The number of benzene rings is 2. The molecule has 0 saturated carbocycles. The predicted octanol–water partition coefficient (Wildman–Crippen LogP) is 2.21. The van der Waals surface area contributed by atoms with Crippen LogP contribution in [0.2, 0.25) is 0 Å². The maximum absolute atomic E-state index is 12.2. The fourth-order valence-electron chi connectivity index (χ4n) is 3.09. The van der Waals surface area contributed by atoms with E-state index in [1.165, 1.54) is 12.1 Å². The van der Waals surface area contributed by atoms with Crippen molar-refractivity contribution < 1.29 is 22.7 Å². The first-order valence-corrected chi connectivity index (χ1v) is 11.0. The lowest BCUT2D eigenvalue weighted by Crippen LogP contribution is -2.28. The van der Waals surface area contributed by atoms with Gasteiger partial charge in [-0.15, -0.1) is 0 Å². The summed E-state index contributed by atoms with van der Waals surface area (Å²) in [6.45, 7) is 3.74. The summed E-state index contributed by atoms with van der Waals surface area (Å²) in [5, 5.41) is 7.65. The number of hydrogen-bond acceptors (Lipinski definition) is 5. The highest BCUT2D eigenvalue weighted by atomic mass is 32.2. The maximum atomic E-state index is 12.2. The molecule has 3 rings (SSSR count). The Hall–Kier alpha value is -3.43. The molecule has 3 N–H and O–H groups in total. The Balaban J connectivity index is 1.50. The third kappa shape index (κ3) is 5.59. The summed E-state index contributed by atoms with van der Waals surface area (Å²) in [4.78, 5) is 24.2. The van der Waals surface area contributed by atoms with Crippen LogP contribution in [0.5, 0.6) is 0 Å². The molecule has 162 valence electrons. The van der Waals surface area contributed by atoms with E-state index < -0.39 is 28.5 Å². The monoisotopic (exact) mass is 441 g/mol. The fraction of sp³-hybridized carbons (Fsp3) is 0.182. The molecule has 0 aliphatic carbocycles. The van der Waals surface area contributed by atoms with E-state index >= 15 is 0 Å². The summed E-state index contributed by atoms with van der Waals surface area (Å²) in [6.07, 6.45) is 0. The lowest BCUT2D eigenvalue weighted by molar-refractivity contribution is -0.124. The van der Waals surface area contributed by atoms with Crippen molar-refractivity contribution in [1.82, 2.24) is 9.88 Å². The van der Waals surface area contributed by atoms with Crippen molar-refractivity contribution in [2.24, 2.45) is 5.14 Å². The van der Waals surface area contributed by atoms with Gasteiger partial charge in [-0.3, -0.25) is 4.79 Å². The van der Waals surface area contributed by atoms with Crippen molar-refractivity contribution >= 4 is 21.9 Å². The van der Waals surface area contributed by atoms with Crippen LogP contribution < -0.4 is 10.5 Å². The third-order valence-electron chi connectivity index (χ3n) is 4.71. The zero-order chi connectivity index (χ0) is 22.6. The van der Waals surface area contributed by atoms with Gasteiger partial charge in [-0.05, 0) is 67.9 Å². The van der Waals surface area contributed by atoms with Gasteiger partial charge in [0.15, 0.2) is 6.61 Å². The molecule has 0 atom stereocenters. The van der Waals surface area contributed by atoms with E-state index in [0.717, 1.165) is 17.1 Å². The Bertz CT molecular complexity index is 1180. The van der Waals surface area contributed by atoms with Crippen LogP contribution in [0.3, 0.4) is 0 Å². The molecule has 3 aromatic rings. The Morgan fingerprint density at radius 2 is 1.52 bits per heavy atom. The average molecular weight is 442 g/mol. The Kier molecular flexibility index (Phi) is 6.57. The number of sulfonamides is 1. The van der Waals surface area contributed by atoms with E-state index in [1.54, 1.807) is 24.3 Å². The minimum absolute atomic E-state index is 0.00961. The smallest absolute Gasteiger partial charge is 0.338 e. The zero-order valence-electron chi connectivity index (χ0n) is 17.2. The molecule has 1 amide bonds. The van der Waals surface area contributed by atoms with Gasteiger partial charge in [-0.2, -0.15) is 0 Å². The number of hydrogen-bond donors (Lipinski definition) is 2. The molecule has 0 bridgehead atoms. The quantitative estimate of drug-likeness (QED) is 0.545. The van der Waals surface area contributed by atoms with Crippen molar-refractivity contribution in [3.8, 4) is 5.69 Å². The van der Waals surface area contributed by atoms with Crippen LogP contribution >= 0.6 is 0 Å². The van der Waals surface area contributed by atoms with Crippen LogP contribution in [0.25, 0.3) is 5.69 Å². The molecule has 0 unspecified atom stereocenters. The summed E-state index contributed by atoms with van der Waals surface area (Å²) in [5.41, 5.74) is 4.13. The van der Waals surface area contributed by atoms with Gasteiger partial charge in [0.1, 0.15) is 0 Å². The van der Waals surface area contributed by atoms with Crippen LogP contribution in [0, 0.1) is 13.8 Å². The first-order valence-electron chi connectivity index (χ1n) is 9.46.